The SMILES string of the molecule is COc1ccc(OCCCC(=O)Nc2cc(C(C)(C)C)ccc2O)cc1. The molecule has 0 saturated heterocycles. The Hall–Kier alpha value is -2.69. The lowest BCUT2D eigenvalue weighted by molar-refractivity contribution is -0.116. The van der Waals surface area contributed by atoms with E-state index in [0.717, 1.165) is 17.1 Å². The van der Waals surface area contributed by atoms with Crippen molar-refractivity contribution >= 4 is 11.6 Å². The highest BCUT2D eigenvalue weighted by atomic mass is 16.5. The van der Waals surface area contributed by atoms with E-state index in [1.165, 1.54) is 0 Å². The molecule has 0 aromatic heterocycles. The first kappa shape index (κ1) is 19.6. The van der Waals surface area contributed by atoms with Crippen LogP contribution in [0.5, 0.6) is 17.2 Å². The lowest BCUT2D eigenvalue weighted by Gasteiger charge is -2.20. The van der Waals surface area contributed by atoms with Crippen molar-refractivity contribution < 1.29 is 19.4 Å². The molecule has 0 heterocycles. The molecule has 2 rings (SSSR count). The van der Waals surface area contributed by atoms with Crippen LogP contribution in [-0.2, 0) is 10.2 Å². The van der Waals surface area contributed by atoms with Gasteiger partial charge in [0.15, 0.2) is 0 Å². The summed E-state index contributed by atoms with van der Waals surface area (Å²) in [5, 5.41) is 12.7. The van der Waals surface area contributed by atoms with Gasteiger partial charge in [-0.1, -0.05) is 26.8 Å². The maximum atomic E-state index is 12.1. The van der Waals surface area contributed by atoms with E-state index in [0.29, 0.717) is 25.1 Å². The molecule has 1 amide bonds. The van der Waals surface area contributed by atoms with Gasteiger partial charge in [-0.05, 0) is 53.8 Å². The molecular weight excluding hydrogens is 330 g/mol. The number of nitrogens with one attached hydrogen (secondary N) is 1. The smallest absolute Gasteiger partial charge is 0.224 e. The van der Waals surface area contributed by atoms with Crippen molar-refractivity contribution in [3.05, 3.63) is 48.0 Å². The summed E-state index contributed by atoms with van der Waals surface area (Å²) in [5.74, 6) is 1.43. The summed E-state index contributed by atoms with van der Waals surface area (Å²) in [7, 11) is 1.61. The molecule has 0 aliphatic heterocycles. The number of carbonyl (C=O) groups is 1. The first-order valence-electron chi connectivity index (χ1n) is 8.70. The van der Waals surface area contributed by atoms with Crippen LogP contribution >= 0.6 is 0 Å². The minimum Gasteiger partial charge on any atom is -0.506 e. The van der Waals surface area contributed by atoms with E-state index in [4.69, 9.17) is 9.47 Å². The Kier molecular flexibility index (Phi) is 6.50. The van der Waals surface area contributed by atoms with Gasteiger partial charge < -0.3 is 19.9 Å². The zero-order valence-corrected chi connectivity index (χ0v) is 15.8. The third kappa shape index (κ3) is 5.69. The number of amides is 1. The average molecular weight is 357 g/mol. The fourth-order valence-electron chi connectivity index (χ4n) is 2.41. The zero-order chi connectivity index (χ0) is 19.2. The van der Waals surface area contributed by atoms with Gasteiger partial charge in [-0.25, -0.2) is 0 Å². The number of aromatic hydroxyl groups is 1. The predicted molar refractivity (Wildman–Crippen MR) is 103 cm³/mol. The van der Waals surface area contributed by atoms with Gasteiger partial charge in [0, 0.05) is 6.42 Å². The minimum absolute atomic E-state index is 0.0562. The van der Waals surface area contributed by atoms with E-state index in [2.05, 4.69) is 26.1 Å². The summed E-state index contributed by atoms with van der Waals surface area (Å²) in [6.45, 7) is 6.69. The van der Waals surface area contributed by atoms with Gasteiger partial charge in [0.25, 0.3) is 0 Å². The van der Waals surface area contributed by atoms with Gasteiger partial charge in [-0.3, -0.25) is 4.79 Å². The molecule has 2 aromatic carbocycles. The largest absolute Gasteiger partial charge is 0.506 e. The molecule has 0 aliphatic carbocycles. The Balaban J connectivity index is 1.81. The standard InChI is InChI=1S/C21H27NO4/c1-21(2,3)15-7-12-19(23)18(14-15)22-20(24)6-5-13-26-17-10-8-16(25-4)9-11-17/h7-12,14,23H,5-6,13H2,1-4H3,(H,22,24). The van der Waals surface area contributed by atoms with Crippen molar-refractivity contribution in [2.45, 2.75) is 39.0 Å². The first-order valence-corrected chi connectivity index (χ1v) is 8.70. The van der Waals surface area contributed by atoms with E-state index >= 15 is 0 Å². The minimum atomic E-state index is -0.148. The van der Waals surface area contributed by atoms with E-state index in [1.54, 1.807) is 13.2 Å². The molecule has 2 N–H and O–H groups in total. The molecule has 5 heteroatoms. The molecule has 0 fully saturated rings. The summed E-state index contributed by atoms with van der Waals surface area (Å²) in [5.41, 5.74) is 1.44. The fourth-order valence-corrected chi connectivity index (χ4v) is 2.41. The van der Waals surface area contributed by atoms with Crippen molar-refractivity contribution in [3.8, 4) is 17.2 Å². The first-order chi connectivity index (χ1) is 12.3. The highest BCUT2D eigenvalue weighted by molar-refractivity contribution is 5.92. The van der Waals surface area contributed by atoms with E-state index in [1.807, 2.05) is 36.4 Å². The van der Waals surface area contributed by atoms with Crippen LogP contribution in [-0.4, -0.2) is 24.7 Å². The lowest BCUT2D eigenvalue weighted by atomic mass is 9.87. The fraction of sp³-hybridized carbons (Fsp3) is 0.381. The van der Waals surface area contributed by atoms with Crippen LogP contribution in [0.4, 0.5) is 5.69 Å². The maximum Gasteiger partial charge on any atom is 0.224 e. The second-order valence-corrected chi connectivity index (χ2v) is 7.16. The summed E-state index contributed by atoms with van der Waals surface area (Å²) in [6, 6.07) is 12.6. The van der Waals surface area contributed by atoms with Crippen LogP contribution in [0.3, 0.4) is 0 Å². The van der Waals surface area contributed by atoms with Crippen molar-refractivity contribution in [1.29, 1.82) is 0 Å². The van der Waals surface area contributed by atoms with Gasteiger partial charge >= 0.3 is 0 Å². The summed E-state index contributed by atoms with van der Waals surface area (Å²) in [6.07, 6.45) is 0.896. The molecule has 0 atom stereocenters. The van der Waals surface area contributed by atoms with Gasteiger partial charge in [0.05, 0.1) is 19.4 Å². The average Bonchev–Trinajstić information content (AvgIpc) is 2.60. The Morgan fingerprint density at radius 1 is 1.08 bits per heavy atom. The number of ether oxygens (including phenoxy) is 2. The number of carbonyl (C=O) groups excluding carboxylic acids is 1. The molecule has 0 bridgehead atoms. The van der Waals surface area contributed by atoms with Crippen LogP contribution in [0.15, 0.2) is 42.5 Å². The molecule has 0 spiro atoms. The number of benzene rings is 2. The van der Waals surface area contributed by atoms with Gasteiger partial charge in [-0.15, -0.1) is 0 Å². The lowest BCUT2D eigenvalue weighted by Crippen LogP contribution is -2.15. The second kappa shape index (κ2) is 8.61. The highest BCUT2D eigenvalue weighted by Gasteiger charge is 2.16. The number of hydrogen-bond donors (Lipinski definition) is 2. The quantitative estimate of drug-likeness (QED) is 0.566. The van der Waals surface area contributed by atoms with E-state index < -0.39 is 0 Å². The zero-order valence-electron chi connectivity index (χ0n) is 15.8. The molecular formula is C21H27NO4. The van der Waals surface area contributed by atoms with Gasteiger partial charge in [0.1, 0.15) is 17.2 Å². The Labute approximate surface area is 155 Å². The Bertz CT molecular complexity index is 733. The van der Waals surface area contributed by atoms with E-state index in [-0.39, 0.29) is 17.1 Å². The topological polar surface area (TPSA) is 67.8 Å². The van der Waals surface area contributed by atoms with Crippen molar-refractivity contribution in [3.63, 3.8) is 0 Å². The molecule has 2 aromatic rings. The van der Waals surface area contributed by atoms with Gasteiger partial charge in [0.2, 0.25) is 5.91 Å². The van der Waals surface area contributed by atoms with Crippen LogP contribution in [0.1, 0.15) is 39.2 Å². The number of hydrogen-bond acceptors (Lipinski definition) is 4. The monoisotopic (exact) mass is 357 g/mol. The third-order valence-corrected chi connectivity index (χ3v) is 4.01. The molecule has 0 saturated carbocycles. The number of phenolic OH excluding ortho intramolecular Hbond substituents is 1. The number of rotatable bonds is 7. The maximum absolute atomic E-state index is 12.1. The van der Waals surface area contributed by atoms with Crippen molar-refractivity contribution in [1.82, 2.24) is 0 Å². The summed E-state index contributed by atoms with van der Waals surface area (Å²) in [4.78, 5) is 12.1. The summed E-state index contributed by atoms with van der Waals surface area (Å²) < 4.78 is 10.7. The molecule has 26 heavy (non-hydrogen) atoms. The van der Waals surface area contributed by atoms with Gasteiger partial charge in [-0.2, -0.15) is 0 Å². The number of methoxy groups -OCH3 is 1. The third-order valence-electron chi connectivity index (χ3n) is 4.01. The predicted octanol–water partition coefficient (Wildman–Crippen LogP) is 4.50. The number of phenols is 1. The highest BCUT2D eigenvalue weighted by Crippen LogP contribution is 2.30. The van der Waals surface area contributed by atoms with Crippen LogP contribution < -0.4 is 14.8 Å². The van der Waals surface area contributed by atoms with Crippen LogP contribution in [0.25, 0.3) is 0 Å². The van der Waals surface area contributed by atoms with Crippen molar-refractivity contribution in [2.75, 3.05) is 19.0 Å². The van der Waals surface area contributed by atoms with E-state index in [9.17, 15) is 9.90 Å². The number of anilines is 1. The molecule has 0 aliphatic rings. The molecule has 5 nitrogen and oxygen atoms in total. The van der Waals surface area contributed by atoms with Crippen LogP contribution in [0, 0.1) is 0 Å². The van der Waals surface area contributed by atoms with Crippen molar-refractivity contribution in [2.24, 2.45) is 0 Å². The normalized spacial score (nSPS) is 11.1. The molecule has 0 unspecified atom stereocenters. The second-order valence-electron chi connectivity index (χ2n) is 7.16. The Morgan fingerprint density at radius 2 is 1.73 bits per heavy atom. The van der Waals surface area contributed by atoms with Crippen LogP contribution in [0.2, 0.25) is 0 Å². The molecule has 0 radical (unpaired) electrons. The molecule has 140 valence electrons. The summed E-state index contributed by atoms with van der Waals surface area (Å²) >= 11 is 0. The Morgan fingerprint density at radius 3 is 2.35 bits per heavy atom.